The lowest BCUT2D eigenvalue weighted by Crippen LogP contribution is -2.38. The first-order chi connectivity index (χ1) is 7.25. The second kappa shape index (κ2) is 5.32. The van der Waals surface area contributed by atoms with Gasteiger partial charge in [-0.3, -0.25) is 0 Å². The Labute approximate surface area is 107 Å². The molecule has 1 unspecified atom stereocenters. The minimum absolute atomic E-state index is 0.546. The lowest BCUT2D eigenvalue weighted by Gasteiger charge is -2.25. The molecule has 1 aliphatic heterocycles. The van der Waals surface area contributed by atoms with Crippen LogP contribution in [0.15, 0.2) is 27.1 Å². The van der Waals surface area contributed by atoms with Crippen LogP contribution in [0.2, 0.25) is 0 Å². The van der Waals surface area contributed by atoms with Gasteiger partial charge < -0.3 is 10.6 Å². The topological polar surface area (TPSA) is 24.1 Å². The molecule has 1 aromatic carbocycles. The molecule has 1 fully saturated rings. The zero-order valence-electron chi connectivity index (χ0n) is 8.39. The smallest absolute Gasteiger partial charge is 0.0498 e. The second-order valence-corrected chi connectivity index (χ2v) is 5.58. The quantitative estimate of drug-likeness (QED) is 0.867. The molecule has 0 amide bonds. The second-order valence-electron chi connectivity index (χ2n) is 3.81. The molecule has 1 heterocycles. The van der Waals surface area contributed by atoms with E-state index < -0.39 is 0 Å². The van der Waals surface area contributed by atoms with Crippen molar-refractivity contribution in [1.82, 2.24) is 5.32 Å². The van der Waals surface area contributed by atoms with Crippen LogP contribution in [0.4, 0.5) is 5.69 Å². The highest BCUT2D eigenvalue weighted by Crippen LogP contribution is 2.27. The summed E-state index contributed by atoms with van der Waals surface area (Å²) in [4.78, 5) is 0. The first-order valence-electron chi connectivity index (χ1n) is 5.18. The van der Waals surface area contributed by atoms with Gasteiger partial charge in [-0.15, -0.1) is 0 Å². The fourth-order valence-corrected chi connectivity index (χ4v) is 2.53. The monoisotopic (exact) mass is 332 g/mol. The lowest BCUT2D eigenvalue weighted by molar-refractivity contribution is 0.480. The predicted molar refractivity (Wildman–Crippen MR) is 71.4 cm³/mol. The number of hydrogen-bond acceptors (Lipinski definition) is 2. The molecular formula is C11H14Br2N2. The Bertz CT molecular complexity index is 335. The fraction of sp³-hybridized carbons (Fsp3) is 0.455. The molecule has 2 N–H and O–H groups in total. The van der Waals surface area contributed by atoms with Crippen LogP contribution in [-0.2, 0) is 0 Å². The molecule has 2 nitrogen and oxygen atoms in total. The highest BCUT2D eigenvalue weighted by Gasteiger charge is 2.13. The van der Waals surface area contributed by atoms with E-state index in [4.69, 9.17) is 0 Å². The predicted octanol–water partition coefficient (Wildman–Crippen LogP) is 3.38. The Morgan fingerprint density at radius 2 is 2.20 bits per heavy atom. The standard InChI is InChI=1S/C11H14Br2N2/c12-8-3-4-10(13)11(6-8)15-9-2-1-5-14-7-9/h3-4,6,9,14-15H,1-2,5,7H2. The van der Waals surface area contributed by atoms with Crippen LogP contribution in [-0.4, -0.2) is 19.1 Å². The van der Waals surface area contributed by atoms with E-state index >= 15 is 0 Å². The largest absolute Gasteiger partial charge is 0.380 e. The van der Waals surface area contributed by atoms with Crippen molar-refractivity contribution in [1.29, 1.82) is 0 Å². The van der Waals surface area contributed by atoms with E-state index in [1.54, 1.807) is 0 Å². The molecule has 1 aliphatic rings. The average Bonchev–Trinajstić information content (AvgIpc) is 2.25. The van der Waals surface area contributed by atoms with Gasteiger partial charge in [-0.2, -0.15) is 0 Å². The average molecular weight is 334 g/mol. The van der Waals surface area contributed by atoms with E-state index in [1.807, 2.05) is 6.07 Å². The summed E-state index contributed by atoms with van der Waals surface area (Å²) in [6, 6.07) is 6.75. The minimum Gasteiger partial charge on any atom is -0.380 e. The molecule has 82 valence electrons. The molecule has 0 bridgehead atoms. The van der Waals surface area contributed by atoms with Crippen molar-refractivity contribution >= 4 is 37.5 Å². The van der Waals surface area contributed by atoms with Crippen LogP contribution in [0.3, 0.4) is 0 Å². The molecule has 15 heavy (non-hydrogen) atoms. The molecule has 1 aromatic rings. The Morgan fingerprint density at radius 3 is 2.93 bits per heavy atom. The summed E-state index contributed by atoms with van der Waals surface area (Å²) in [7, 11) is 0. The van der Waals surface area contributed by atoms with Crippen LogP contribution in [0.1, 0.15) is 12.8 Å². The van der Waals surface area contributed by atoms with Crippen molar-refractivity contribution < 1.29 is 0 Å². The molecular weight excluding hydrogens is 320 g/mol. The molecule has 0 aliphatic carbocycles. The molecule has 0 radical (unpaired) electrons. The van der Waals surface area contributed by atoms with Gasteiger partial charge in [0.15, 0.2) is 0 Å². The molecule has 0 saturated carbocycles. The molecule has 2 rings (SSSR count). The minimum atomic E-state index is 0.546. The Hall–Kier alpha value is -0.0600. The Morgan fingerprint density at radius 1 is 1.33 bits per heavy atom. The van der Waals surface area contributed by atoms with Crippen molar-refractivity contribution in [2.75, 3.05) is 18.4 Å². The molecule has 1 atom stereocenters. The number of nitrogens with one attached hydrogen (secondary N) is 2. The number of halogens is 2. The summed E-state index contributed by atoms with van der Waals surface area (Å²) in [5.41, 5.74) is 1.16. The third-order valence-corrected chi connectivity index (χ3v) is 3.77. The van der Waals surface area contributed by atoms with Crippen molar-refractivity contribution in [3.8, 4) is 0 Å². The van der Waals surface area contributed by atoms with Gasteiger partial charge >= 0.3 is 0 Å². The van der Waals surface area contributed by atoms with Crippen molar-refractivity contribution in [2.45, 2.75) is 18.9 Å². The number of benzene rings is 1. The van der Waals surface area contributed by atoms with E-state index in [2.05, 4.69) is 54.6 Å². The Balaban J connectivity index is 2.05. The summed E-state index contributed by atoms with van der Waals surface area (Å²) >= 11 is 7.04. The van der Waals surface area contributed by atoms with E-state index in [0.717, 1.165) is 27.7 Å². The summed E-state index contributed by atoms with van der Waals surface area (Å²) in [6.07, 6.45) is 2.50. The number of hydrogen-bond donors (Lipinski definition) is 2. The Kier molecular flexibility index (Phi) is 4.05. The summed E-state index contributed by atoms with van der Waals surface area (Å²) in [5, 5.41) is 6.95. The van der Waals surface area contributed by atoms with Gasteiger partial charge in [0.05, 0.1) is 0 Å². The van der Waals surface area contributed by atoms with E-state index in [1.165, 1.54) is 12.8 Å². The van der Waals surface area contributed by atoms with Crippen LogP contribution in [0.25, 0.3) is 0 Å². The maximum absolute atomic E-state index is 3.55. The number of rotatable bonds is 2. The van der Waals surface area contributed by atoms with Crippen LogP contribution in [0, 0.1) is 0 Å². The van der Waals surface area contributed by atoms with Crippen molar-refractivity contribution in [3.05, 3.63) is 27.1 Å². The van der Waals surface area contributed by atoms with Gasteiger partial charge in [-0.05, 0) is 53.5 Å². The summed E-state index contributed by atoms with van der Waals surface area (Å²) in [5.74, 6) is 0. The molecule has 0 aromatic heterocycles. The fourth-order valence-electron chi connectivity index (χ4n) is 1.80. The van der Waals surface area contributed by atoms with Crippen LogP contribution < -0.4 is 10.6 Å². The summed E-state index contributed by atoms with van der Waals surface area (Å²) in [6.45, 7) is 2.21. The zero-order chi connectivity index (χ0) is 10.7. The van der Waals surface area contributed by atoms with Crippen LogP contribution in [0.5, 0.6) is 0 Å². The summed E-state index contributed by atoms with van der Waals surface area (Å²) < 4.78 is 2.23. The maximum atomic E-state index is 3.55. The van der Waals surface area contributed by atoms with Gasteiger partial charge in [0.2, 0.25) is 0 Å². The number of anilines is 1. The molecule has 1 saturated heterocycles. The van der Waals surface area contributed by atoms with Gasteiger partial charge in [-0.25, -0.2) is 0 Å². The SMILES string of the molecule is Brc1ccc(Br)c(NC2CCCNC2)c1. The molecule has 0 spiro atoms. The van der Waals surface area contributed by atoms with Gasteiger partial charge in [0.25, 0.3) is 0 Å². The number of piperidine rings is 1. The highest BCUT2D eigenvalue weighted by atomic mass is 79.9. The van der Waals surface area contributed by atoms with Crippen LogP contribution >= 0.6 is 31.9 Å². The maximum Gasteiger partial charge on any atom is 0.0498 e. The normalized spacial score (nSPS) is 21.3. The van der Waals surface area contributed by atoms with Crippen molar-refractivity contribution in [3.63, 3.8) is 0 Å². The van der Waals surface area contributed by atoms with Crippen molar-refractivity contribution in [2.24, 2.45) is 0 Å². The highest BCUT2D eigenvalue weighted by molar-refractivity contribution is 9.11. The first kappa shape index (κ1) is 11.4. The van der Waals surface area contributed by atoms with E-state index in [-0.39, 0.29) is 0 Å². The first-order valence-corrected chi connectivity index (χ1v) is 6.76. The third-order valence-electron chi connectivity index (χ3n) is 2.58. The third kappa shape index (κ3) is 3.20. The van der Waals surface area contributed by atoms with Gasteiger partial charge in [0, 0.05) is 27.2 Å². The van der Waals surface area contributed by atoms with E-state index in [9.17, 15) is 0 Å². The van der Waals surface area contributed by atoms with Gasteiger partial charge in [-0.1, -0.05) is 15.9 Å². The van der Waals surface area contributed by atoms with Gasteiger partial charge in [0.1, 0.15) is 0 Å². The molecule has 4 heteroatoms. The van der Waals surface area contributed by atoms with E-state index in [0.29, 0.717) is 6.04 Å². The lowest BCUT2D eigenvalue weighted by atomic mass is 10.1. The zero-order valence-corrected chi connectivity index (χ0v) is 11.6.